The molecule has 0 spiro atoms. The molecule has 2 aromatic rings. The normalized spacial score (nSPS) is 13.6. The Morgan fingerprint density at radius 3 is 2.46 bits per heavy atom. The third kappa shape index (κ3) is 5.82. The van der Waals surface area contributed by atoms with Gasteiger partial charge in [-0.15, -0.1) is 0 Å². The molecule has 1 atom stereocenters. The molecule has 0 saturated carbocycles. The number of aryl methyl sites for hydroxylation is 3. The maximum atomic E-state index is 12.5. The largest absolute Gasteiger partial charge is 0.394 e. The lowest BCUT2D eigenvalue weighted by atomic mass is 9.97. The van der Waals surface area contributed by atoms with Gasteiger partial charge >= 0.3 is 0 Å². The van der Waals surface area contributed by atoms with Gasteiger partial charge in [-0.25, -0.2) is 0 Å². The number of carbonyl (C=O) groups is 1. The van der Waals surface area contributed by atoms with E-state index in [-0.39, 0.29) is 12.4 Å². The van der Waals surface area contributed by atoms with Crippen molar-refractivity contribution >= 4 is 5.78 Å². The molecular weight excluding hydrogens is 324 g/mol. The molecule has 4 heteroatoms. The van der Waals surface area contributed by atoms with E-state index in [1.165, 1.54) is 11.1 Å². The lowest BCUT2D eigenvalue weighted by Crippen LogP contribution is -2.40. The van der Waals surface area contributed by atoms with Gasteiger partial charge < -0.3 is 15.4 Å². The van der Waals surface area contributed by atoms with Gasteiger partial charge in [0.1, 0.15) is 0 Å². The van der Waals surface area contributed by atoms with Gasteiger partial charge in [-0.3, -0.25) is 4.79 Å². The molecule has 142 valence electrons. The number of hydrogen-bond donors (Lipinski definition) is 2. The molecule has 0 aliphatic heterocycles. The van der Waals surface area contributed by atoms with E-state index in [0.29, 0.717) is 6.42 Å². The third-order valence-electron chi connectivity index (χ3n) is 5.04. The van der Waals surface area contributed by atoms with Crippen LogP contribution in [0.5, 0.6) is 0 Å². The van der Waals surface area contributed by atoms with Gasteiger partial charge in [-0.05, 0) is 63.6 Å². The average molecular weight is 357 g/mol. The lowest BCUT2D eigenvalue weighted by Gasteiger charge is -2.21. The van der Waals surface area contributed by atoms with Gasteiger partial charge in [0.25, 0.3) is 0 Å². The number of benzene rings is 1. The highest BCUT2D eigenvalue weighted by Gasteiger charge is 2.17. The van der Waals surface area contributed by atoms with Gasteiger partial charge in [0, 0.05) is 24.7 Å². The second kappa shape index (κ2) is 9.15. The summed E-state index contributed by atoms with van der Waals surface area (Å²) in [6.07, 6.45) is 4.88. The van der Waals surface area contributed by atoms with Crippen LogP contribution in [0.25, 0.3) is 0 Å². The molecule has 26 heavy (non-hydrogen) atoms. The van der Waals surface area contributed by atoms with E-state index in [4.69, 9.17) is 5.73 Å². The molecule has 0 aliphatic rings. The van der Waals surface area contributed by atoms with E-state index in [2.05, 4.69) is 31.2 Å². The van der Waals surface area contributed by atoms with Crippen LogP contribution in [0.15, 0.2) is 36.4 Å². The first kappa shape index (κ1) is 20.4. The van der Waals surface area contributed by atoms with Crippen molar-refractivity contribution in [2.24, 2.45) is 12.8 Å². The topological polar surface area (TPSA) is 68.2 Å². The number of Topliss-reactive ketones (excluding diaryl/α,β-unsaturated/α-hetero) is 1. The Hall–Kier alpha value is -1.91. The Labute approximate surface area is 157 Å². The number of nitrogens with two attached hydrogens (primary N) is 1. The number of aliphatic hydroxyl groups excluding tert-OH is 1. The van der Waals surface area contributed by atoms with Crippen molar-refractivity contribution in [2.75, 3.05) is 6.61 Å². The molecule has 0 aliphatic carbocycles. The molecule has 2 rings (SSSR count). The third-order valence-corrected chi connectivity index (χ3v) is 5.04. The van der Waals surface area contributed by atoms with Gasteiger partial charge in [0.2, 0.25) is 0 Å². The Morgan fingerprint density at radius 1 is 1.12 bits per heavy atom. The number of aliphatic hydroxyl groups is 1. The second-order valence-corrected chi connectivity index (χ2v) is 7.70. The first-order valence-corrected chi connectivity index (χ1v) is 9.45. The zero-order valence-electron chi connectivity index (χ0n) is 16.3. The van der Waals surface area contributed by atoms with Gasteiger partial charge in [0.05, 0.1) is 12.3 Å². The number of ketones is 1. The zero-order valence-corrected chi connectivity index (χ0v) is 16.3. The fraction of sp³-hybridized carbons (Fsp3) is 0.500. The molecule has 0 radical (unpaired) electrons. The van der Waals surface area contributed by atoms with E-state index >= 15 is 0 Å². The van der Waals surface area contributed by atoms with E-state index < -0.39 is 5.54 Å². The summed E-state index contributed by atoms with van der Waals surface area (Å²) in [4.78, 5) is 12.5. The van der Waals surface area contributed by atoms with Crippen molar-refractivity contribution in [3.8, 4) is 0 Å². The maximum Gasteiger partial charge on any atom is 0.179 e. The molecule has 1 aromatic carbocycles. The van der Waals surface area contributed by atoms with Crippen LogP contribution in [0.2, 0.25) is 0 Å². The predicted molar refractivity (Wildman–Crippen MR) is 106 cm³/mol. The van der Waals surface area contributed by atoms with Gasteiger partial charge in [-0.2, -0.15) is 0 Å². The summed E-state index contributed by atoms with van der Waals surface area (Å²) < 4.78 is 2.00. The van der Waals surface area contributed by atoms with Crippen molar-refractivity contribution in [1.29, 1.82) is 0 Å². The molecule has 3 N–H and O–H groups in total. The molecule has 1 heterocycles. The predicted octanol–water partition coefficient (Wildman–Crippen LogP) is 3.57. The van der Waals surface area contributed by atoms with Crippen molar-refractivity contribution in [3.05, 3.63) is 58.9 Å². The number of hydrogen-bond acceptors (Lipinski definition) is 3. The Kier molecular flexibility index (Phi) is 7.18. The monoisotopic (exact) mass is 356 g/mol. The molecule has 0 saturated heterocycles. The van der Waals surface area contributed by atoms with Crippen LogP contribution in [-0.4, -0.2) is 27.6 Å². The zero-order chi connectivity index (χ0) is 19.2. The smallest absolute Gasteiger partial charge is 0.179 e. The lowest BCUT2D eigenvalue weighted by molar-refractivity contribution is 0.0972. The van der Waals surface area contributed by atoms with Crippen LogP contribution in [-0.2, 0) is 19.9 Å². The van der Waals surface area contributed by atoms with Crippen LogP contribution >= 0.6 is 0 Å². The summed E-state index contributed by atoms with van der Waals surface area (Å²) in [7, 11) is 1.95. The summed E-state index contributed by atoms with van der Waals surface area (Å²) in [6.45, 7) is 3.93. The van der Waals surface area contributed by atoms with Crippen LogP contribution in [0.3, 0.4) is 0 Å². The van der Waals surface area contributed by atoms with Crippen molar-refractivity contribution < 1.29 is 9.90 Å². The van der Waals surface area contributed by atoms with Crippen molar-refractivity contribution in [3.63, 3.8) is 0 Å². The Balaban J connectivity index is 1.83. The highest BCUT2D eigenvalue weighted by Crippen LogP contribution is 2.16. The quantitative estimate of drug-likeness (QED) is 0.640. The van der Waals surface area contributed by atoms with Crippen LogP contribution < -0.4 is 5.73 Å². The first-order valence-electron chi connectivity index (χ1n) is 9.45. The fourth-order valence-electron chi connectivity index (χ4n) is 3.17. The first-order chi connectivity index (χ1) is 12.3. The highest BCUT2D eigenvalue weighted by atomic mass is 16.3. The Morgan fingerprint density at radius 2 is 1.81 bits per heavy atom. The molecule has 0 fully saturated rings. The van der Waals surface area contributed by atoms with Gasteiger partial charge in [-0.1, -0.05) is 29.8 Å². The standard InChI is InChI=1S/C22H32N2O2/c1-17-9-11-18(12-10-17)6-4-8-21(26)20-14-13-19(24(20)3)7-5-15-22(2,23)16-25/h9-14,25H,4-8,15-16,23H2,1-3H3. The van der Waals surface area contributed by atoms with Crippen LogP contribution in [0.1, 0.15) is 59.9 Å². The molecule has 1 aromatic heterocycles. The molecule has 0 amide bonds. The van der Waals surface area contributed by atoms with E-state index in [1.54, 1.807) is 0 Å². The summed E-state index contributed by atoms with van der Waals surface area (Å²) in [5, 5.41) is 9.23. The van der Waals surface area contributed by atoms with Crippen molar-refractivity contribution in [2.45, 2.75) is 57.9 Å². The Bertz CT molecular complexity index is 714. The summed E-state index contributed by atoms with van der Waals surface area (Å²) in [5.41, 5.74) is 9.90. The average Bonchev–Trinajstić information content (AvgIpc) is 2.97. The SMILES string of the molecule is Cc1ccc(CCCC(=O)c2ccc(CCCC(C)(N)CO)n2C)cc1. The van der Waals surface area contributed by atoms with Crippen LogP contribution in [0, 0.1) is 6.92 Å². The number of rotatable bonds is 10. The number of aromatic nitrogens is 1. The molecule has 1 unspecified atom stereocenters. The molecule has 4 nitrogen and oxygen atoms in total. The minimum absolute atomic E-state index is 0.00907. The number of carbonyl (C=O) groups excluding carboxylic acids is 1. The minimum atomic E-state index is -0.528. The van der Waals surface area contributed by atoms with Crippen molar-refractivity contribution in [1.82, 2.24) is 4.57 Å². The summed E-state index contributed by atoms with van der Waals surface area (Å²) in [6, 6.07) is 12.5. The summed E-state index contributed by atoms with van der Waals surface area (Å²) in [5.74, 6) is 0.199. The minimum Gasteiger partial charge on any atom is -0.394 e. The van der Waals surface area contributed by atoms with E-state index in [9.17, 15) is 9.90 Å². The molecule has 0 bridgehead atoms. The van der Waals surface area contributed by atoms with Gasteiger partial charge in [0.15, 0.2) is 5.78 Å². The number of nitrogens with zero attached hydrogens (tertiary/aromatic N) is 1. The second-order valence-electron chi connectivity index (χ2n) is 7.70. The van der Waals surface area contributed by atoms with Crippen LogP contribution in [0.4, 0.5) is 0 Å². The van der Waals surface area contributed by atoms with E-state index in [0.717, 1.165) is 43.5 Å². The van der Waals surface area contributed by atoms with E-state index in [1.807, 2.05) is 30.7 Å². The molecular formula is C22H32N2O2. The fourth-order valence-corrected chi connectivity index (χ4v) is 3.17. The maximum absolute atomic E-state index is 12.5. The summed E-state index contributed by atoms with van der Waals surface area (Å²) >= 11 is 0. The highest BCUT2D eigenvalue weighted by molar-refractivity contribution is 5.94.